The number of nitrogens with zero attached hydrogens (tertiary/aromatic N) is 1. The van der Waals surface area contributed by atoms with E-state index in [0.717, 1.165) is 18.4 Å². The van der Waals surface area contributed by atoms with Gasteiger partial charge in [0.15, 0.2) is 0 Å². The van der Waals surface area contributed by atoms with Gasteiger partial charge in [-0.05, 0) is 38.8 Å². The highest BCUT2D eigenvalue weighted by Crippen LogP contribution is 2.30. The molecule has 1 heterocycles. The van der Waals surface area contributed by atoms with Gasteiger partial charge in [0.25, 0.3) is 0 Å². The number of hydrogen-bond donors (Lipinski definition) is 1. The van der Waals surface area contributed by atoms with Crippen LogP contribution in [0.2, 0.25) is 0 Å². The molecule has 0 aromatic heterocycles. The number of benzene rings is 1. The van der Waals surface area contributed by atoms with E-state index in [0.29, 0.717) is 19.7 Å². The quantitative estimate of drug-likeness (QED) is 0.886. The molecule has 1 aromatic rings. The molecule has 1 atom stereocenters. The third-order valence-electron chi connectivity index (χ3n) is 3.72. The molecule has 1 unspecified atom stereocenters. The Hall–Kier alpha value is -1.55. The number of carbonyl (C=O) groups is 1. The topological polar surface area (TPSA) is 55.6 Å². The summed E-state index contributed by atoms with van der Waals surface area (Å²) in [6.45, 7) is 5.82. The van der Waals surface area contributed by atoms with Crippen LogP contribution in [0.4, 0.5) is 4.79 Å². The van der Waals surface area contributed by atoms with E-state index in [2.05, 4.69) is 26.0 Å². The Morgan fingerprint density at radius 2 is 2.26 bits per heavy atom. The maximum Gasteiger partial charge on any atom is 0.410 e. The van der Waals surface area contributed by atoms with Gasteiger partial charge in [0.1, 0.15) is 6.61 Å². The molecule has 2 rings (SSSR count). The molecule has 1 saturated heterocycles. The van der Waals surface area contributed by atoms with Gasteiger partial charge in [-0.2, -0.15) is 0 Å². The average Bonchev–Trinajstić information content (AvgIpc) is 2.66. The molecule has 0 aliphatic carbocycles. The summed E-state index contributed by atoms with van der Waals surface area (Å²) >= 11 is 0. The van der Waals surface area contributed by atoms with Crippen molar-refractivity contribution in [2.45, 2.75) is 38.8 Å². The Morgan fingerprint density at radius 3 is 2.95 bits per heavy atom. The molecule has 1 aliphatic heterocycles. The van der Waals surface area contributed by atoms with Crippen molar-refractivity contribution < 1.29 is 9.53 Å². The van der Waals surface area contributed by atoms with Crippen LogP contribution in [0.3, 0.4) is 0 Å². The van der Waals surface area contributed by atoms with E-state index < -0.39 is 0 Å². The molecule has 1 amide bonds. The Labute approximate surface area is 114 Å². The summed E-state index contributed by atoms with van der Waals surface area (Å²) in [5, 5.41) is 0. The van der Waals surface area contributed by atoms with Crippen molar-refractivity contribution in [3.63, 3.8) is 0 Å². The van der Waals surface area contributed by atoms with Crippen molar-refractivity contribution >= 4 is 6.09 Å². The van der Waals surface area contributed by atoms with Crippen molar-refractivity contribution in [3.8, 4) is 0 Å². The first kappa shape index (κ1) is 13.9. The summed E-state index contributed by atoms with van der Waals surface area (Å²) < 4.78 is 5.23. The smallest absolute Gasteiger partial charge is 0.410 e. The minimum atomic E-state index is -0.236. The Balaban J connectivity index is 2.13. The number of nitrogens with two attached hydrogens (primary N) is 1. The molecule has 1 aliphatic rings. The first-order chi connectivity index (χ1) is 9.05. The van der Waals surface area contributed by atoms with Crippen LogP contribution in [-0.2, 0) is 11.3 Å². The van der Waals surface area contributed by atoms with Crippen LogP contribution in [0.25, 0.3) is 0 Å². The molecule has 19 heavy (non-hydrogen) atoms. The second-order valence-corrected chi connectivity index (χ2v) is 5.52. The van der Waals surface area contributed by atoms with Crippen LogP contribution < -0.4 is 5.73 Å². The molecule has 0 radical (unpaired) electrons. The van der Waals surface area contributed by atoms with E-state index >= 15 is 0 Å². The van der Waals surface area contributed by atoms with Crippen molar-refractivity contribution in [2.24, 2.45) is 5.73 Å². The highest BCUT2D eigenvalue weighted by molar-refractivity contribution is 5.71. The molecule has 4 nitrogen and oxygen atoms in total. The fraction of sp³-hybridized carbons (Fsp3) is 0.533. The van der Waals surface area contributed by atoms with Crippen LogP contribution in [0, 0.1) is 6.92 Å². The van der Waals surface area contributed by atoms with Crippen LogP contribution in [0.5, 0.6) is 0 Å². The zero-order valence-electron chi connectivity index (χ0n) is 11.7. The Bertz CT molecular complexity index is 461. The van der Waals surface area contributed by atoms with Crippen LogP contribution >= 0.6 is 0 Å². The Kier molecular flexibility index (Phi) is 4.10. The largest absolute Gasteiger partial charge is 0.447 e. The van der Waals surface area contributed by atoms with Crippen LogP contribution in [0.1, 0.15) is 30.9 Å². The number of ether oxygens (including phenoxy) is 1. The minimum absolute atomic E-state index is 0.221. The van der Waals surface area contributed by atoms with E-state index in [-0.39, 0.29) is 11.6 Å². The monoisotopic (exact) mass is 262 g/mol. The summed E-state index contributed by atoms with van der Waals surface area (Å²) in [4.78, 5) is 13.7. The van der Waals surface area contributed by atoms with Gasteiger partial charge in [-0.3, -0.25) is 4.90 Å². The highest BCUT2D eigenvalue weighted by atomic mass is 16.6. The van der Waals surface area contributed by atoms with E-state index in [1.54, 1.807) is 0 Å². The first-order valence-electron chi connectivity index (χ1n) is 6.75. The van der Waals surface area contributed by atoms with Gasteiger partial charge < -0.3 is 10.5 Å². The number of cyclic esters (lactones) is 1. The minimum Gasteiger partial charge on any atom is -0.447 e. The molecule has 0 bridgehead atoms. The van der Waals surface area contributed by atoms with Gasteiger partial charge in [0, 0.05) is 6.54 Å². The lowest BCUT2D eigenvalue weighted by Crippen LogP contribution is -2.44. The maximum atomic E-state index is 11.9. The van der Waals surface area contributed by atoms with Gasteiger partial charge >= 0.3 is 6.09 Å². The van der Waals surface area contributed by atoms with Gasteiger partial charge in [0.2, 0.25) is 0 Å². The summed E-state index contributed by atoms with van der Waals surface area (Å²) in [5.41, 5.74) is 7.68. The van der Waals surface area contributed by atoms with E-state index in [4.69, 9.17) is 10.5 Å². The second-order valence-electron chi connectivity index (χ2n) is 5.52. The number of hydrogen-bond acceptors (Lipinski definition) is 3. The van der Waals surface area contributed by atoms with Gasteiger partial charge in [-0.1, -0.05) is 29.8 Å². The van der Waals surface area contributed by atoms with Crippen LogP contribution in [-0.4, -0.2) is 29.7 Å². The number of amides is 1. The van der Waals surface area contributed by atoms with Gasteiger partial charge in [0.05, 0.1) is 5.54 Å². The highest BCUT2D eigenvalue weighted by Gasteiger charge is 2.42. The predicted molar refractivity (Wildman–Crippen MR) is 74.8 cm³/mol. The standard InChI is InChI=1S/C15H22N2O2/c1-12-5-3-6-13(9-12)10-17-14(18)19-11-15(17,2)7-4-8-16/h3,5-6,9H,4,7-8,10-11,16H2,1-2H3. The van der Waals surface area contributed by atoms with E-state index in [1.807, 2.05) is 17.0 Å². The van der Waals surface area contributed by atoms with Crippen molar-refractivity contribution in [2.75, 3.05) is 13.2 Å². The third-order valence-corrected chi connectivity index (χ3v) is 3.72. The summed E-state index contributed by atoms with van der Waals surface area (Å²) in [7, 11) is 0. The molecule has 4 heteroatoms. The maximum absolute atomic E-state index is 11.9. The zero-order valence-corrected chi connectivity index (χ0v) is 11.7. The fourth-order valence-corrected chi connectivity index (χ4v) is 2.53. The number of rotatable bonds is 5. The molecule has 1 aromatic carbocycles. The summed E-state index contributed by atoms with van der Waals surface area (Å²) in [6, 6.07) is 8.22. The molecule has 104 valence electrons. The lowest BCUT2D eigenvalue weighted by atomic mass is 9.95. The summed E-state index contributed by atoms with van der Waals surface area (Å²) in [6.07, 6.45) is 1.56. The first-order valence-corrected chi connectivity index (χ1v) is 6.75. The molecule has 2 N–H and O–H groups in total. The average molecular weight is 262 g/mol. The van der Waals surface area contributed by atoms with E-state index in [1.165, 1.54) is 5.56 Å². The van der Waals surface area contributed by atoms with Gasteiger partial charge in [-0.25, -0.2) is 4.79 Å². The number of carbonyl (C=O) groups excluding carboxylic acids is 1. The zero-order chi connectivity index (χ0) is 13.9. The SMILES string of the molecule is Cc1cccc(CN2C(=O)OCC2(C)CCCN)c1. The molecular weight excluding hydrogens is 240 g/mol. The van der Waals surface area contributed by atoms with Crippen molar-refractivity contribution in [3.05, 3.63) is 35.4 Å². The number of aryl methyl sites for hydroxylation is 1. The lowest BCUT2D eigenvalue weighted by molar-refractivity contribution is 0.147. The Morgan fingerprint density at radius 1 is 1.47 bits per heavy atom. The van der Waals surface area contributed by atoms with E-state index in [9.17, 15) is 4.79 Å². The second kappa shape index (κ2) is 5.61. The van der Waals surface area contributed by atoms with Gasteiger partial charge in [-0.15, -0.1) is 0 Å². The lowest BCUT2D eigenvalue weighted by Gasteiger charge is -2.32. The normalized spacial score (nSPS) is 22.7. The molecule has 0 spiro atoms. The van der Waals surface area contributed by atoms with Crippen molar-refractivity contribution in [1.82, 2.24) is 4.90 Å². The fourth-order valence-electron chi connectivity index (χ4n) is 2.53. The predicted octanol–water partition coefficient (Wildman–Crippen LogP) is 2.44. The molecule has 1 fully saturated rings. The molecule has 0 saturated carbocycles. The molecular formula is C15H22N2O2. The van der Waals surface area contributed by atoms with Crippen molar-refractivity contribution in [1.29, 1.82) is 0 Å². The third kappa shape index (κ3) is 3.07. The summed E-state index contributed by atoms with van der Waals surface area (Å²) in [5.74, 6) is 0. The van der Waals surface area contributed by atoms with Crippen LogP contribution in [0.15, 0.2) is 24.3 Å².